The van der Waals surface area contributed by atoms with Gasteiger partial charge in [0.2, 0.25) is 0 Å². The van der Waals surface area contributed by atoms with Gasteiger partial charge >= 0.3 is 6.11 Å². The van der Waals surface area contributed by atoms with Gasteiger partial charge in [-0.15, -0.1) is 0 Å². The van der Waals surface area contributed by atoms with Crippen molar-refractivity contribution in [2.24, 2.45) is 0 Å². The molecule has 0 aliphatic rings. The van der Waals surface area contributed by atoms with Crippen molar-refractivity contribution in [3.8, 4) is 39.8 Å². The Kier molecular flexibility index (Phi) is 8.88. The highest BCUT2D eigenvalue weighted by atomic mass is 19.3. The van der Waals surface area contributed by atoms with Crippen molar-refractivity contribution in [1.82, 2.24) is 0 Å². The molecular weight excluding hydrogens is 619 g/mol. The standard InChI is InChI=1S/C36H21F9O/c1-3-20-4-7-22(8-5-20)23-9-11-27(28(37)15-23)24-16-30(39)34(31(40)17-24)36(44,45)46-25-12-19(2)26(29(38)18-25)10-6-21-13-32(41)35(43)33(42)14-21/h4-5,7-9,11-18H,3H2,1-2H3. The van der Waals surface area contributed by atoms with E-state index >= 15 is 22.0 Å². The molecular formula is C36H21F9O. The molecule has 0 spiro atoms. The molecule has 1 nitrogen and oxygen atoms in total. The second-order valence-electron chi connectivity index (χ2n) is 10.3. The number of halogens is 9. The van der Waals surface area contributed by atoms with E-state index in [0.717, 1.165) is 18.1 Å². The first-order chi connectivity index (χ1) is 21.8. The van der Waals surface area contributed by atoms with Gasteiger partial charge in [0.1, 0.15) is 34.6 Å². The lowest BCUT2D eigenvalue weighted by atomic mass is 9.97. The molecule has 234 valence electrons. The first-order valence-electron chi connectivity index (χ1n) is 13.7. The molecule has 46 heavy (non-hydrogen) atoms. The highest BCUT2D eigenvalue weighted by molar-refractivity contribution is 5.71. The lowest BCUT2D eigenvalue weighted by Gasteiger charge is -2.20. The third-order valence-electron chi connectivity index (χ3n) is 7.13. The van der Waals surface area contributed by atoms with Crippen LogP contribution in [0.4, 0.5) is 39.5 Å². The maximum atomic E-state index is 15.1. The van der Waals surface area contributed by atoms with Crippen molar-refractivity contribution in [3.63, 3.8) is 0 Å². The fraction of sp³-hybridized carbons (Fsp3) is 0.111. The van der Waals surface area contributed by atoms with Crippen molar-refractivity contribution in [2.45, 2.75) is 26.4 Å². The van der Waals surface area contributed by atoms with E-state index in [1.54, 1.807) is 12.1 Å². The molecule has 0 N–H and O–H groups in total. The van der Waals surface area contributed by atoms with Gasteiger partial charge in [-0.25, -0.2) is 30.7 Å². The van der Waals surface area contributed by atoms with E-state index in [9.17, 15) is 17.6 Å². The Morgan fingerprint density at radius 2 is 1.20 bits per heavy atom. The normalized spacial score (nSPS) is 11.3. The molecule has 5 aromatic rings. The van der Waals surface area contributed by atoms with Crippen LogP contribution < -0.4 is 4.74 Å². The summed E-state index contributed by atoms with van der Waals surface area (Å²) >= 11 is 0. The Morgan fingerprint density at radius 1 is 0.609 bits per heavy atom. The molecule has 0 bridgehead atoms. The SMILES string of the molecule is CCc1ccc(-c2ccc(-c3cc(F)c(C(F)(F)Oc4cc(C)c(C#Cc5cc(F)c(F)c(F)c5)c(F)c4)c(F)c3)c(F)c2)cc1. The monoisotopic (exact) mass is 640 g/mol. The highest BCUT2D eigenvalue weighted by Crippen LogP contribution is 2.38. The van der Waals surface area contributed by atoms with Crippen molar-refractivity contribution in [2.75, 3.05) is 0 Å². The summed E-state index contributed by atoms with van der Waals surface area (Å²) in [6.07, 6.45) is -3.83. The molecule has 0 amide bonds. The largest absolute Gasteiger partial charge is 0.432 e. The maximum absolute atomic E-state index is 15.1. The quantitative estimate of drug-likeness (QED) is 0.102. The second kappa shape index (κ2) is 12.7. The minimum Gasteiger partial charge on any atom is -0.429 e. The Morgan fingerprint density at radius 3 is 1.76 bits per heavy atom. The smallest absolute Gasteiger partial charge is 0.429 e. The zero-order valence-corrected chi connectivity index (χ0v) is 24.0. The summed E-state index contributed by atoms with van der Waals surface area (Å²) in [5, 5.41) is 0. The Balaban J connectivity index is 1.40. The molecule has 5 aromatic carbocycles. The fourth-order valence-electron chi connectivity index (χ4n) is 4.76. The molecule has 0 saturated carbocycles. The minimum absolute atomic E-state index is 0.0714. The number of rotatable bonds is 6. The lowest BCUT2D eigenvalue weighted by molar-refractivity contribution is -0.189. The van der Waals surface area contributed by atoms with Crippen LogP contribution in [0.25, 0.3) is 22.3 Å². The van der Waals surface area contributed by atoms with Gasteiger partial charge in [0, 0.05) is 17.2 Å². The highest BCUT2D eigenvalue weighted by Gasteiger charge is 2.41. The summed E-state index contributed by atoms with van der Waals surface area (Å²) in [6, 6.07) is 15.0. The molecule has 0 unspecified atom stereocenters. The van der Waals surface area contributed by atoms with Gasteiger partial charge < -0.3 is 4.74 Å². The molecule has 0 fully saturated rings. The third-order valence-corrected chi connectivity index (χ3v) is 7.13. The zero-order valence-electron chi connectivity index (χ0n) is 24.0. The molecule has 0 aromatic heterocycles. The average molecular weight is 641 g/mol. The van der Waals surface area contributed by atoms with Gasteiger partial charge in [0.15, 0.2) is 17.5 Å². The molecule has 10 heteroatoms. The first-order valence-corrected chi connectivity index (χ1v) is 13.7. The lowest BCUT2D eigenvalue weighted by Crippen LogP contribution is -2.25. The summed E-state index contributed by atoms with van der Waals surface area (Å²) < 4.78 is 135. The summed E-state index contributed by atoms with van der Waals surface area (Å²) in [5.41, 5.74) is -0.840. The van der Waals surface area contributed by atoms with Crippen molar-refractivity contribution >= 4 is 0 Å². The average Bonchev–Trinajstić information content (AvgIpc) is 2.98. The van der Waals surface area contributed by atoms with E-state index in [1.165, 1.54) is 25.1 Å². The molecule has 0 heterocycles. The predicted molar refractivity (Wildman–Crippen MR) is 155 cm³/mol. The molecule has 0 saturated heterocycles. The van der Waals surface area contributed by atoms with Gasteiger partial charge in [0.25, 0.3) is 0 Å². The molecule has 0 aliphatic heterocycles. The fourth-order valence-corrected chi connectivity index (χ4v) is 4.76. The van der Waals surface area contributed by atoms with Crippen LogP contribution in [0.15, 0.2) is 78.9 Å². The molecule has 0 radical (unpaired) electrons. The Labute approximate surface area is 257 Å². The second-order valence-corrected chi connectivity index (χ2v) is 10.3. The van der Waals surface area contributed by atoms with Crippen LogP contribution in [-0.2, 0) is 12.5 Å². The van der Waals surface area contributed by atoms with E-state index in [2.05, 4.69) is 16.6 Å². The van der Waals surface area contributed by atoms with E-state index in [4.69, 9.17) is 0 Å². The molecule has 0 aliphatic carbocycles. The number of ether oxygens (including phenoxy) is 1. The molecule has 5 rings (SSSR count). The minimum atomic E-state index is -4.64. The number of alkyl halides is 2. The third kappa shape index (κ3) is 6.59. The van der Waals surface area contributed by atoms with Crippen LogP contribution in [0.2, 0.25) is 0 Å². The van der Waals surface area contributed by atoms with Gasteiger partial charge in [0.05, 0.1) is 5.56 Å². The Hall–Kier alpha value is -5.17. The number of benzene rings is 5. The van der Waals surface area contributed by atoms with Crippen LogP contribution in [0.1, 0.15) is 34.7 Å². The number of hydrogen-bond donors (Lipinski definition) is 0. The number of aryl methyl sites for hydroxylation is 2. The van der Waals surface area contributed by atoms with Gasteiger partial charge in [-0.2, -0.15) is 8.78 Å². The van der Waals surface area contributed by atoms with E-state index < -0.39 is 58.1 Å². The van der Waals surface area contributed by atoms with Crippen LogP contribution in [-0.4, -0.2) is 0 Å². The Bertz CT molecular complexity index is 1950. The maximum Gasteiger partial charge on any atom is 0.432 e. The van der Waals surface area contributed by atoms with Crippen LogP contribution in [0, 0.1) is 59.5 Å². The predicted octanol–water partition coefficient (Wildman–Crippen LogP) is 10.4. The summed E-state index contributed by atoms with van der Waals surface area (Å²) in [7, 11) is 0. The summed E-state index contributed by atoms with van der Waals surface area (Å²) in [5.74, 6) is -6.55. The molecule has 0 atom stereocenters. The van der Waals surface area contributed by atoms with E-state index in [-0.39, 0.29) is 27.8 Å². The van der Waals surface area contributed by atoms with Gasteiger partial charge in [-0.05, 0) is 77.6 Å². The first kappa shape index (κ1) is 32.2. The van der Waals surface area contributed by atoms with Gasteiger partial charge in [-0.1, -0.05) is 55.2 Å². The zero-order chi connectivity index (χ0) is 33.3. The topological polar surface area (TPSA) is 9.23 Å². The van der Waals surface area contributed by atoms with Crippen LogP contribution >= 0.6 is 0 Å². The van der Waals surface area contributed by atoms with Crippen LogP contribution in [0.3, 0.4) is 0 Å². The van der Waals surface area contributed by atoms with Crippen molar-refractivity contribution < 1.29 is 44.3 Å². The summed E-state index contributed by atoms with van der Waals surface area (Å²) in [6.45, 7) is 3.24. The van der Waals surface area contributed by atoms with E-state index in [1.807, 2.05) is 19.1 Å². The number of hydrogen-bond acceptors (Lipinski definition) is 1. The van der Waals surface area contributed by atoms with Gasteiger partial charge in [-0.3, -0.25) is 0 Å². The van der Waals surface area contributed by atoms with E-state index in [0.29, 0.717) is 41.5 Å². The van der Waals surface area contributed by atoms with Crippen LogP contribution in [0.5, 0.6) is 5.75 Å². The summed E-state index contributed by atoms with van der Waals surface area (Å²) in [4.78, 5) is 0. The van der Waals surface area contributed by atoms with Crippen molar-refractivity contribution in [1.29, 1.82) is 0 Å². The van der Waals surface area contributed by atoms with Crippen molar-refractivity contribution in [3.05, 3.63) is 147 Å².